The summed E-state index contributed by atoms with van der Waals surface area (Å²) in [5.74, 6) is -0.0143. The Kier molecular flexibility index (Phi) is 2.95. The van der Waals surface area contributed by atoms with E-state index in [0.717, 1.165) is 0 Å². The van der Waals surface area contributed by atoms with Gasteiger partial charge < -0.3 is 13.9 Å². The molecule has 1 heterocycles. The molecule has 0 bridgehead atoms. The van der Waals surface area contributed by atoms with E-state index in [4.69, 9.17) is 13.9 Å². The summed E-state index contributed by atoms with van der Waals surface area (Å²) in [7, 11) is 1.47. The van der Waals surface area contributed by atoms with Crippen LogP contribution in [-0.4, -0.2) is 19.2 Å². The molecule has 1 aromatic heterocycles. The molecule has 13 heavy (non-hydrogen) atoms. The number of rotatable bonds is 3. The highest BCUT2D eigenvalue weighted by atomic mass is 16.6. The molecule has 0 fully saturated rings. The predicted molar refractivity (Wildman–Crippen MR) is 45.8 cm³/mol. The highest BCUT2D eigenvalue weighted by molar-refractivity contribution is 5.86. The first-order chi connectivity index (χ1) is 6.13. The van der Waals surface area contributed by atoms with Crippen molar-refractivity contribution in [3.8, 4) is 5.95 Å². The van der Waals surface area contributed by atoms with Gasteiger partial charge in [-0.1, -0.05) is 0 Å². The molecule has 0 N–H and O–H groups in total. The Balaban J connectivity index is 2.66. The Morgan fingerprint density at radius 1 is 1.46 bits per heavy atom. The standard InChI is InChI=1S/C9H12O4/c1-6(2)12-9(10)7-4-5-8(11-3)13-7/h4-6H,1-3H3. The zero-order valence-corrected chi connectivity index (χ0v) is 7.87. The third-order valence-corrected chi connectivity index (χ3v) is 1.33. The average molecular weight is 184 g/mol. The van der Waals surface area contributed by atoms with Crippen molar-refractivity contribution in [3.63, 3.8) is 0 Å². The number of carbonyl (C=O) groups is 1. The van der Waals surface area contributed by atoms with Crippen LogP contribution in [0.3, 0.4) is 0 Å². The summed E-state index contributed by atoms with van der Waals surface area (Å²) >= 11 is 0. The minimum atomic E-state index is -0.474. The minimum Gasteiger partial charge on any atom is -0.468 e. The summed E-state index contributed by atoms with van der Waals surface area (Å²) in [5, 5.41) is 0. The molecular weight excluding hydrogens is 172 g/mol. The lowest BCUT2D eigenvalue weighted by molar-refractivity contribution is 0.0336. The van der Waals surface area contributed by atoms with Gasteiger partial charge >= 0.3 is 5.97 Å². The number of furan rings is 1. The second-order valence-electron chi connectivity index (χ2n) is 2.78. The van der Waals surface area contributed by atoms with Crippen LogP contribution in [0, 0.1) is 0 Å². The molecule has 72 valence electrons. The van der Waals surface area contributed by atoms with Crippen molar-refractivity contribution in [3.05, 3.63) is 17.9 Å². The zero-order chi connectivity index (χ0) is 9.84. The van der Waals surface area contributed by atoms with Crippen LogP contribution >= 0.6 is 0 Å². The van der Waals surface area contributed by atoms with Crippen LogP contribution in [0.25, 0.3) is 0 Å². The molecule has 0 saturated carbocycles. The first kappa shape index (κ1) is 9.64. The van der Waals surface area contributed by atoms with Crippen LogP contribution in [-0.2, 0) is 4.74 Å². The van der Waals surface area contributed by atoms with Crippen LogP contribution in [0.5, 0.6) is 5.95 Å². The molecule has 0 aliphatic rings. The zero-order valence-electron chi connectivity index (χ0n) is 7.87. The minimum absolute atomic E-state index is 0.149. The van der Waals surface area contributed by atoms with Gasteiger partial charge in [-0.2, -0.15) is 0 Å². The maximum absolute atomic E-state index is 11.2. The van der Waals surface area contributed by atoms with Crippen molar-refractivity contribution in [1.82, 2.24) is 0 Å². The number of ether oxygens (including phenoxy) is 2. The summed E-state index contributed by atoms with van der Waals surface area (Å²) in [6.07, 6.45) is -0.149. The van der Waals surface area contributed by atoms with Gasteiger partial charge in [0.05, 0.1) is 13.2 Å². The molecule has 0 atom stereocenters. The molecule has 1 aromatic rings. The van der Waals surface area contributed by atoms with Gasteiger partial charge in [-0.25, -0.2) is 4.79 Å². The molecule has 0 unspecified atom stereocenters. The Labute approximate surface area is 76.4 Å². The predicted octanol–water partition coefficient (Wildman–Crippen LogP) is 1.85. The van der Waals surface area contributed by atoms with E-state index in [1.54, 1.807) is 19.9 Å². The topological polar surface area (TPSA) is 48.7 Å². The molecule has 0 aliphatic carbocycles. The average Bonchev–Trinajstić information content (AvgIpc) is 2.50. The molecule has 0 spiro atoms. The SMILES string of the molecule is COc1ccc(C(=O)OC(C)C)o1. The summed E-state index contributed by atoms with van der Waals surface area (Å²) in [6, 6.07) is 3.08. The Morgan fingerprint density at radius 2 is 2.15 bits per heavy atom. The molecular formula is C9H12O4. The normalized spacial score (nSPS) is 10.2. The lowest BCUT2D eigenvalue weighted by Gasteiger charge is -2.04. The van der Waals surface area contributed by atoms with Gasteiger partial charge in [0.1, 0.15) is 0 Å². The quantitative estimate of drug-likeness (QED) is 0.672. The van der Waals surface area contributed by atoms with Gasteiger partial charge in [0.15, 0.2) is 0 Å². The van der Waals surface area contributed by atoms with E-state index >= 15 is 0 Å². The molecule has 4 nitrogen and oxygen atoms in total. The van der Waals surface area contributed by atoms with Crippen LogP contribution < -0.4 is 4.74 Å². The molecule has 0 saturated heterocycles. The van der Waals surface area contributed by atoms with E-state index in [0.29, 0.717) is 5.95 Å². The first-order valence-corrected chi connectivity index (χ1v) is 3.98. The van der Waals surface area contributed by atoms with Crippen molar-refractivity contribution >= 4 is 5.97 Å². The summed E-state index contributed by atoms with van der Waals surface area (Å²) in [5.41, 5.74) is 0. The van der Waals surface area contributed by atoms with E-state index in [1.807, 2.05) is 0 Å². The number of hydrogen-bond acceptors (Lipinski definition) is 4. The van der Waals surface area contributed by atoms with Crippen LogP contribution in [0.15, 0.2) is 16.5 Å². The van der Waals surface area contributed by atoms with E-state index in [1.165, 1.54) is 13.2 Å². The van der Waals surface area contributed by atoms with Gasteiger partial charge in [0, 0.05) is 6.07 Å². The second-order valence-corrected chi connectivity index (χ2v) is 2.78. The number of carbonyl (C=O) groups excluding carboxylic acids is 1. The lowest BCUT2D eigenvalue weighted by Crippen LogP contribution is -2.10. The Morgan fingerprint density at radius 3 is 2.62 bits per heavy atom. The maximum Gasteiger partial charge on any atom is 0.374 e. The van der Waals surface area contributed by atoms with Gasteiger partial charge in [-0.15, -0.1) is 0 Å². The number of esters is 1. The van der Waals surface area contributed by atoms with Crippen LogP contribution in [0.2, 0.25) is 0 Å². The number of methoxy groups -OCH3 is 1. The highest BCUT2D eigenvalue weighted by Crippen LogP contribution is 2.16. The molecule has 1 rings (SSSR count). The van der Waals surface area contributed by atoms with Crippen molar-refractivity contribution in [2.45, 2.75) is 20.0 Å². The Hall–Kier alpha value is -1.45. The van der Waals surface area contributed by atoms with Crippen molar-refractivity contribution in [2.75, 3.05) is 7.11 Å². The van der Waals surface area contributed by atoms with Gasteiger partial charge in [0.2, 0.25) is 5.76 Å². The van der Waals surface area contributed by atoms with Crippen molar-refractivity contribution < 1.29 is 18.7 Å². The smallest absolute Gasteiger partial charge is 0.374 e. The van der Waals surface area contributed by atoms with Gasteiger partial charge in [-0.05, 0) is 19.9 Å². The maximum atomic E-state index is 11.2. The largest absolute Gasteiger partial charge is 0.468 e. The first-order valence-electron chi connectivity index (χ1n) is 3.98. The van der Waals surface area contributed by atoms with Gasteiger partial charge in [0.25, 0.3) is 5.95 Å². The van der Waals surface area contributed by atoms with E-state index in [9.17, 15) is 4.79 Å². The number of hydrogen-bond donors (Lipinski definition) is 0. The molecule has 0 aliphatic heterocycles. The monoisotopic (exact) mass is 184 g/mol. The third-order valence-electron chi connectivity index (χ3n) is 1.33. The third kappa shape index (κ3) is 2.50. The summed E-state index contributed by atoms with van der Waals surface area (Å²) in [6.45, 7) is 3.55. The van der Waals surface area contributed by atoms with Crippen LogP contribution in [0.4, 0.5) is 0 Å². The fraction of sp³-hybridized carbons (Fsp3) is 0.444. The van der Waals surface area contributed by atoms with Crippen molar-refractivity contribution in [2.24, 2.45) is 0 Å². The molecule has 0 aromatic carbocycles. The molecule has 0 radical (unpaired) electrons. The van der Waals surface area contributed by atoms with E-state index in [2.05, 4.69) is 0 Å². The Bertz CT molecular complexity index is 288. The molecule has 0 amide bonds. The fourth-order valence-electron chi connectivity index (χ4n) is 0.812. The summed E-state index contributed by atoms with van der Waals surface area (Å²) in [4.78, 5) is 11.2. The van der Waals surface area contributed by atoms with E-state index < -0.39 is 5.97 Å². The molecule has 4 heteroatoms. The van der Waals surface area contributed by atoms with E-state index in [-0.39, 0.29) is 11.9 Å². The lowest BCUT2D eigenvalue weighted by atomic mass is 10.4. The second kappa shape index (κ2) is 3.98. The van der Waals surface area contributed by atoms with Crippen LogP contribution in [0.1, 0.15) is 24.4 Å². The summed E-state index contributed by atoms with van der Waals surface area (Å²) < 4.78 is 14.7. The fourth-order valence-corrected chi connectivity index (χ4v) is 0.812. The van der Waals surface area contributed by atoms with Gasteiger partial charge in [-0.3, -0.25) is 0 Å². The highest BCUT2D eigenvalue weighted by Gasteiger charge is 2.13. The van der Waals surface area contributed by atoms with Crippen molar-refractivity contribution in [1.29, 1.82) is 0 Å².